The minimum absolute atomic E-state index is 0.0869. The van der Waals surface area contributed by atoms with Crippen LogP contribution in [0.3, 0.4) is 0 Å². The fourth-order valence-electron chi connectivity index (χ4n) is 5.59. The zero-order valence-corrected chi connectivity index (χ0v) is 10.6. The van der Waals surface area contributed by atoms with Crippen LogP contribution in [0.4, 0.5) is 0 Å². The molecule has 4 aliphatic rings. The zero-order chi connectivity index (χ0) is 12.3. The van der Waals surface area contributed by atoms with Crippen LogP contribution in [0.5, 0.6) is 0 Å². The zero-order valence-electron chi connectivity index (χ0n) is 10.6. The average molecular weight is 237 g/mol. The highest BCUT2D eigenvalue weighted by atomic mass is 16.4. The molecule has 3 heteroatoms. The second kappa shape index (κ2) is 3.47. The average Bonchev–Trinajstić information content (AvgIpc) is 2.12. The third-order valence-electron chi connectivity index (χ3n) is 5.72. The number of aliphatic carboxylic acids is 1. The lowest BCUT2D eigenvalue weighted by Crippen LogP contribution is -2.57. The Labute approximate surface area is 103 Å². The van der Waals surface area contributed by atoms with Crippen molar-refractivity contribution in [1.29, 1.82) is 0 Å². The van der Waals surface area contributed by atoms with E-state index in [1.165, 1.54) is 19.3 Å². The van der Waals surface area contributed by atoms with Crippen molar-refractivity contribution >= 4 is 5.97 Å². The van der Waals surface area contributed by atoms with Gasteiger partial charge in [0.05, 0.1) is 6.42 Å². The molecule has 4 rings (SSSR count). The van der Waals surface area contributed by atoms with E-state index < -0.39 is 5.97 Å². The molecule has 0 spiro atoms. The lowest BCUT2D eigenvalue weighted by Gasteiger charge is -2.63. The first-order valence-electron chi connectivity index (χ1n) is 6.91. The van der Waals surface area contributed by atoms with Crippen LogP contribution in [0.15, 0.2) is 0 Å². The van der Waals surface area contributed by atoms with E-state index in [-0.39, 0.29) is 16.9 Å². The second-order valence-electron chi connectivity index (χ2n) is 7.18. The quantitative estimate of drug-likeness (QED) is 0.792. The van der Waals surface area contributed by atoms with E-state index in [9.17, 15) is 4.79 Å². The van der Waals surface area contributed by atoms with Crippen LogP contribution < -0.4 is 5.73 Å². The fraction of sp³-hybridized carbons (Fsp3) is 0.929. The Morgan fingerprint density at radius 3 is 2.41 bits per heavy atom. The van der Waals surface area contributed by atoms with Gasteiger partial charge in [0.1, 0.15) is 0 Å². The third-order valence-corrected chi connectivity index (χ3v) is 5.72. The molecule has 3 N–H and O–H groups in total. The lowest BCUT2D eigenvalue weighted by atomic mass is 9.42. The van der Waals surface area contributed by atoms with Crippen molar-refractivity contribution in [2.24, 2.45) is 28.4 Å². The molecule has 0 aromatic heterocycles. The second-order valence-corrected chi connectivity index (χ2v) is 7.18. The molecular weight excluding hydrogens is 214 g/mol. The smallest absolute Gasteiger partial charge is 0.303 e. The van der Waals surface area contributed by atoms with Crippen LogP contribution in [0.2, 0.25) is 0 Å². The van der Waals surface area contributed by atoms with Crippen LogP contribution >= 0.6 is 0 Å². The molecule has 3 unspecified atom stereocenters. The molecular formula is C14H23NO2. The maximum atomic E-state index is 11.1. The number of hydrogen-bond acceptors (Lipinski definition) is 2. The molecule has 4 bridgehead atoms. The summed E-state index contributed by atoms with van der Waals surface area (Å²) >= 11 is 0. The summed E-state index contributed by atoms with van der Waals surface area (Å²) in [6, 6.07) is 0.224. The highest BCUT2D eigenvalue weighted by Gasteiger charge is 2.59. The van der Waals surface area contributed by atoms with Gasteiger partial charge in [0.25, 0.3) is 0 Å². The monoisotopic (exact) mass is 237 g/mol. The lowest BCUT2D eigenvalue weighted by molar-refractivity contribution is -0.154. The SMILES string of the molecule is CC(N)C12CC3CC(CC(CC(=O)O)(C3)C1)C2. The molecule has 0 aromatic rings. The number of carbonyl (C=O) groups is 1. The fourth-order valence-corrected chi connectivity index (χ4v) is 5.59. The van der Waals surface area contributed by atoms with Crippen LogP contribution in [0.25, 0.3) is 0 Å². The number of hydrogen-bond donors (Lipinski definition) is 2. The molecule has 4 aliphatic carbocycles. The van der Waals surface area contributed by atoms with Gasteiger partial charge < -0.3 is 10.8 Å². The normalized spacial score (nSPS) is 49.3. The summed E-state index contributed by atoms with van der Waals surface area (Å²) in [4.78, 5) is 11.1. The predicted octanol–water partition coefficient (Wildman–Crippen LogP) is 2.39. The number of rotatable bonds is 3. The van der Waals surface area contributed by atoms with Gasteiger partial charge >= 0.3 is 5.97 Å². The van der Waals surface area contributed by atoms with Gasteiger partial charge in [-0.05, 0) is 68.1 Å². The Morgan fingerprint density at radius 1 is 1.35 bits per heavy atom. The van der Waals surface area contributed by atoms with Crippen LogP contribution in [-0.4, -0.2) is 17.1 Å². The van der Waals surface area contributed by atoms with Gasteiger partial charge in [0, 0.05) is 6.04 Å². The van der Waals surface area contributed by atoms with Crippen molar-refractivity contribution in [3.05, 3.63) is 0 Å². The Hall–Kier alpha value is -0.570. The van der Waals surface area contributed by atoms with Gasteiger partial charge in [-0.15, -0.1) is 0 Å². The van der Waals surface area contributed by atoms with E-state index in [0.717, 1.165) is 31.1 Å². The summed E-state index contributed by atoms with van der Waals surface area (Å²) in [6.45, 7) is 2.13. The molecule has 0 radical (unpaired) electrons. The Morgan fingerprint density at radius 2 is 1.94 bits per heavy atom. The summed E-state index contributed by atoms with van der Waals surface area (Å²) < 4.78 is 0. The number of nitrogens with two attached hydrogens (primary N) is 1. The minimum atomic E-state index is -0.619. The summed E-state index contributed by atoms with van der Waals surface area (Å²) in [5.74, 6) is 0.884. The molecule has 17 heavy (non-hydrogen) atoms. The Bertz CT molecular complexity index is 336. The topological polar surface area (TPSA) is 63.3 Å². The first-order valence-corrected chi connectivity index (χ1v) is 6.91. The molecule has 0 saturated heterocycles. The van der Waals surface area contributed by atoms with E-state index in [1.54, 1.807) is 0 Å². The molecule has 0 aromatic carbocycles. The third kappa shape index (κ3) is 1.70. The molecule has 3 nitrogen and oxygen atoms in total. The van der Waals surface area contributed by atoms with E-state index in [1.807, 2.05) is 0 Å². The van der Waals surface area contributed by atoms with E-state index in [2.05, 4.69) is 6.92 Å². The molecule has 0 amide bonds. The van der Waals surface area contributed by atoms with E-state index in [4.69, 9.17) is 10.8 Å². The number of carboxylic acids is 1. The highest BCUT2D eigenvalue weighted by Crippen LogP contribution is 2.67. The van der Waals surface area contributed by atoms with Crippen molar-refractivity contribution < 1.29 is 9.90 Å². The molecule has 4 fully saturated rings. The molecule has 4 saturated carbocycles. The summed E-state index contributed by atoms with van der Waals surface area (Å²) in [6.07, 6.45) is 7.56. The maximum absolute atomic E-state index is 11.1. The van der Waals surface area contributed by atoms with E-state index >= 15 is 0 Å². The Balaban J connectivity index is 1.91. The van der Waals surface area contributed by atoms with Crippen LogP contribution in [0.1, 0.15) is 51.9 Å². The van der Waals surface area contributed by atoms with Crippen molar-refractivity contribution in [2.75, 3.05) is 0 Å². The van der Waals surface area contributed by atoms with E-state index in [0.29, 0.717) is 6.42 Å². The van der Waals surface area contributed by atoms with Crippen LogP contribution in [-0.2, 0) is 4.79 Å². The minimum Gasteiger partial charge on any atom is -0.481 e. The highest BCUT2D eigenvalue weighted by molar-refractivity contribution is 5.67. The predicted molar refractivity (Wildman–Crippen MR) is 65.5 cm³/mol. The molecule has 0 aliphatic heterocycles. The largest absolute Gasteiger partial charge is 0.481 e. The first kappa shape index (κ1) is 11.5. The van der Waals surface area contributed by atoms with Crippen molar-refractivity contribution in [3.63, 3.8) is 0 Å². The maximum Gasteiger partial charge on any atom is 0.303 e. The van der Waals surface area contributed by atoms with Crippen molar-refractivity contribution in [3.8, 4) is 0 Å². The van der Waals surface area contributed by atoms with Crippen LogP contribution in [0, 0.1) is 22.7 Å². The van der Waals surface area contributed by atoms with Gasteiger partial charge in [0.2, 0.25) is 0 Å². The van der Waals surface area contributed by atoms with Crippen molar-refractivity contribution in [1.82, 2.24) is 0 Å². The number of carboxylic acid groups (broad SMARTS) is 1. The standard InChI is InChI=1S/C14H23NO2/c1-9(15)14-5-10-2-11(6-14)4-13(3-10,8-14)7-12(16)17/h9-11H,2-8,15H2,1H3,(H,16,17). The van der Waals surface area contributed by atoms with Gasteiger partial charge in [-0.25, -0.2) is 0 Å². The molecule has 0 heterocycles. The molecule has 96 valence electrons. The molecule has 3 atom stereocenters. The summed E-state index contributed by atoms with van der Waals surface area (Å²) in [7, 11) is 0. The summed E-state index contributed by atoms with van der Waals surface area (Å²) in [5, 5.41) is 9.16. The van der Waals surface area contributed by atoms with Crippen molar-refractivity contribution in [2.45, 2.75) is 57.9 Å². The van der Waals surface area contributed by atoms with Gasteiger partial charge in [0.15, 0.2) is 0 Å². The Kier molecular flexibility index (Phi) is 2.35. The first-order chi connectivity index (χ1) is 7.93. The van der Waals surface area contributed by atoms with Gasteiger partial charge in [-0.3, -0.25) is 4.79 Å². The van der Waals surface area contributed by atoms with Gasteiger partial charge in [-0.1, -0.05) is 0 Å². The van der Waals surface area contributed by atoms with Gasteiger partial charge in [-0.2, -0.15) is 0 Å². The summed E-state index contributed by atoms with van der Waals surface area (Å²) in [5.41, 5.74) is 6.58.